The largest absolute Gasteiger partial charge is 0.359 e. The summed E-state index contributed by atoms with van der Waals surface area (Å²) in [5.74, 6) is 0. The van der Waals surface area contributed by atoms with Crippen molar-refractivity contribution in [2.75, 3.05) is 0 Å². The van der Waals surface area contributed by atoms with Gasteiger partial charge in [0.2, 0.25) is 0 Å². The van der Waals surface area contributed by atoms with Crippen LogP contribution in [0.3, 0.4) is 0 Å². The van der Waals surface area contributed by atoms with Gasteiger partial charge in [-0.15, -0.1) is 0 Å². The summed E-state index contributed by atoms with van der Waals surface area (Å²) in [6.45, 7) is 2.05. The lowest BCUT2D eigenvalue weighted by molar-refractivity contribution is 0.850. The van der Waals surface area contributed by atoms with Gasteiger partial charge in [-0.25, -0.2) is 4.68 Å². The zero-order chi connectivity index (χ0) is 11.7. The van der Waals surface area contributed by atoms with Gasteiger partial charge in [-0.2, -0.15) is 5.10 Å². The van der Waals surface area contributed by atoms with Gasteiger partial charge in [0, 0.05) is 23.7 Å². The Balaban J connectivity index is 2.16. The number of aromatic amines is 1. The van der Waals surface area contributed by atoms with Gasteiger partial charge >= 0.3 is 0 Å². The minimum Gasteiger partial charge on any atom is -0.359 e. The number of aryl methyl sites for hydroxylation is 1. The van der Waals surface area contributed by atoms with E-state index in [1.807, 2.05) is 47.4 Å². The van der Waals surface area contributed by atoms with E-state index in [2.05, 4.69) is 29.1 Å². The predicted octanol–water partition coefficient (Wildman–Crippen LogP) is 3.18. The molecule has 17 heavy (non-hydrogen) atoms. The second-order valence-electron chi connectivity index (χ2n) is 3.99. The van der Waals surface area contributed by atoms with Crippen LogP contribution < -0.4 is 0 Å². The van der Waals surface area contributed by atoms with Gasteiger partial charge in [0.25, 0.3) is 0 Å². The third-order valence-electron chi connectivity index (χ3n) is 2.85. The van der Waals surface area contributed by atoms with Crippen molar-refractivity contribution < 1.29 is 0 Å². The van der Waals surface area contributed by atoms with Gasteiger partial charge < -0.3 is 4.98 Å². The molecule has 0 aliphatic heterocycles. The van der Waals surface area contributed by atoms with Crippen LogP contribution in [0.5, 0.6) is 0 Å². The zero-order valence-corrected chi connectivity index (χ0v) is 9.59. The molecule has 1 aromatic carbocycles. The smallest absolute Gasteiger partial charge is 0.0903 e. The molecule has 0 aliphatic carbocycles. The van der Waals surface area contributed by atoms with Crippen LogP contribution in [0.15, 0.2) is 54.9 Å². The maximum atomic E-state index is 4.34. The lowest BCUT2D eigenvalue weighted by atomic mass is 10.1. The van der Waals surface area contributed by atoms with E-state index in [0.717, 1.165) is 17.1 Å². The highest BCUT2D eigenvalue weighted by atomic mass is 15.3. The fourth-order valence-electron chi connectivity index (χ4n) is 2.00. The second-order valence-corrected chi connectivity index (χ2v) is 3.99. The summed E-state index contributed by atoms with van der Waals surface area (Å²) in [5, 5.41) is 4.34. The van der Waals surface area contributed by atoms with E-state index < -0.39 is 0 Å². The van der Waals surface area contributed by atoms with Crippen LogP contribution in [0.2, 0.25) is 0 Å². The van der Waals surface area contributed by atoms with Crippen LogP contribution in [0.25, 0.3) is 16.9 Å². The molecular weight excluding hydrogens is 210 g/mol. The fourth-order valence-corrected chi connectivity index (χ4v) is 2.00. The van der Waals surface area contributed by atoms with E-state index in [9.17, 15) is 0 Å². The third-order valence-corrected chi connectivity index (χ3v) is 2.85. The fraction of sp³-hybridized carbons (Fsp3) is 0.0714. The SMILES string of the molecule is Cc1ccnn1-c1cc[nH]c1-c1ccccc1. The van der Waals surface area contributed by atoms with Crippen LogP contribution in [-0.4, -0.2) is 14.8 Å². The second kappa shape index (κ2) is 3.94. The molecule has 0 radical (unpaired) electrons. The molecule has 3 nitrogen and oxygen atoms in total. The molecule has 3 aromatic rings. The van der Waals surface area contributed by atoms with E-state index in [-0.39, 0.29) is 0 Å². The Labute approximate surface area is 99.7 Å². The Morgan fingerprint density at radius 2 is 1.88 bits per heavy atom. The number of hydrogen-bond acceptors (Lipinski definition) is 1. The normalized spacial score (nSPS) is 10.6. The monoisotopic (exact) mass is 223 g/mol. The standard InChI is InChI=1S/C14H13N3/c1-11-7-10-16-17(11)13-8-9-15-14(13)12-5-3-2-4-6-12/h2-10,15H,1H3. The number of aromatic nitrogens is 3. The Morgan fingerprint density at radius 1 is 1.06 bits per heavy atom. The van der Waals surface area contributed by atoms with Gasteiger partial charge in [0.15, 0.2) is 0 Å². The lowest BCUT2D eigenvalue weighted by Crippen LogP contribution is -1.98. The Morgan fingerprint density at radius 3 is 2.59 bits per heavy atom. The van der Waals surface area contributed by atoms with Gasteiger partial charge in [0.1, 0.15) is 0 Å². The number of nitrogens with one attached hydrogen (secondary N) is 1. The lowest BCUT2D eigenvalue weighted by Gasteiger charge is -2.06. The summed E-state index contributed by atoms with van der Waals surface area (Å²) in [7, 11) is 0. The molecule has 0 bridgehead atoms. The maximum absolute atomic E-state index is 4.34. The van der Waals surface area contributed by atoms with E-state index in [4.69, 9.17) is 0 Å². The molecule has 0 atom stereocenters. The number of hydrogen-bond donors (Lipinski definition) is 1. The highest BCUT2D eigenvalue weighted by Crippen LogP contribution is 2.25. The molecule has 0 amide bonds. The Kier molecular flexibility index (Phi) is 2.29. The topological polar surface area (TPSA) is 33.6 Å². The average Bonchev–Trinajstić information content (AvgIpc) is 2.98. The summed E-state index contributed by atoms with van der Waals surface area (Å²) >= 11 is 0. The van der Waals surface area contributed by atoms with Gasteiger partial charge in [-0.05, 0) is 19.1 Å². The molecule has 3 rings (SSSR count). The van der Waals surface area contributed by atoms with Crippen LogP contribution in [0.1, 0.15) is 5.69 Å². The zero-order valence-electron chi connectivity index (χ0n) is 9.59. The van der Waals surface area contributed by atoms with Gasteiger partial charge in [-0.3, -0.25) is 0 Å². The van der Waals surface area contributed by atoms with Crippen LogP contribution in [0, 0.1) is 6.92 Å². The molecule has 1 N–H and O–H groups in total. The van der Waals surface area contributed by atoms with E-state index in [1.54, 1.807) is 0 Å². The molecule has 2 aromatic heterocycles. The van der Waals surface area contributed by atoms with E-state index in [1.165, 1.54) is 5.56 Å². The Bertz CT molecular complexity index is 620. The van der Waals surface area contributed by atoms with Crippen molar-refractivity contribution in [3.05, 3.63) is 60.6 Å². The molecular formula is C14H13N3. The van der Waals surface area contributed by atoms with Crippen molar-refractivity contribution in [2.24, 2.45) is 0 Å². The highest BCUT2D eigenvalue weighted by molar-refractivity contribution is 5.69. The van der Waals surface area contributed by atoms with Crippen molar-refractivity contribution >= 4 is 0 Å². The van der Waals surface area contributed by atoms with Crippen molar-refractivity contribution in [2.45, 2.75) is 6.92 Å². The molecule has 0 unspecified atom stereocenters. The number of H-pyrrole nitrogens is 1. The first-order chi connectivity index (χ1) is 8.36. The summed E-state index contributed by atoms with van der Waals surface area (Å²) < 4.78 is 1.94. The van der Waals surface area contributed by atoms with E-state index in [0.29, 0.717) is 0 Å². The summed E-state index contributed by atoms with van der Waals surface area (Å²) in [5.41, 5.74) is 4.47. The maximum Gasteiger partial charge on any atom is 0.0903 e. The molecule has 0 fully saturated rings. The van der Waals surface area contributed by atoms with Crippen LogP contribution in [0.4, 0.5) is 0 Å². The Hall–Kier alpha value is -2.29. The van der Waals surface area contributed by atoms with Crippen molar-refractivity contribution in [3.8, 4) is 16.9 Å². The first-order valence-electron chi connectivity index (χ1n) is 5.60. The molecule has 0 spiro atoms. The quantitative estimate of drug-likeness (QED) is 0.711. The molecule has 0 aliphatic rings. The van der Waals surface area contributed by atoms with Crippen molar-refractivity contribution in [1.29, 1.82) is 0 Å². The van der Waals surface area contributed by atoms with Gasteiger partial charge in [0.05, 0.1) is 11.4 Å². The molecule has 3 heteroatoms. The molecule has 2 heterocycles. The predicted molar refractivity (Wildman–Crippen MR) is 68.1 cm³/mol. The van der Waals surface area contributed by atoms with Crippen molar-refractivity contribution in [3.63, 3.8) is 0 Å². The molecule has 84 valence electrons. The molecule has 0 saturated carbocycles. The summed E-state index contributed by atoms with van der Waals surface area (Å²) in [4.78, 5) is 3.28. The first kappa shape index (κ1) is 9.90. The minimum atomic E-state index is 1.08. The minimum absolute atomic E-state index is 1.08. The van der Waals surface area contributed by atoms with E-state index >= 15 is 0 Å². The highest BCUT2D eigenvalue weighted by Gasteiger charge is 2.09. The average molecular weight is 223 g/mol. The van der Waals surface area contributed by atoms with Crippen LogP contribution >= 0.6 is 0 Å². The first-order valence-corrected chi connectivity index (χ1v) is 5.60. The number of nitrogens with zero attached hydrogens (tertiary/aromatic N) is 2. The summed E-state index contributed by atoms with van der Waals surface area (Å²) in [6.07, 6.45) is 3.76. The molecule has 0 saturated heterocycles. The number of benzene rings is 1. The van der Waals surface area contributed by atoms with Crippen LogP contribution in [-0.2, 0) is 0 Å². The number of rotatable bonds is 2. The third kappa shape index (κ3) is 1.65. The summed E-state index contributed by atoms with van der Waals surface area (Å²) in [6, 6.07) is 14.3. The van der Waals surface area contributed by atoms with Crippen molar-refractivity contribution in [1.82, 2.24) is 14.8 Å². The van der Waals surface area contributed by atoms with Gasteiger partial charge in [-0.1, -0.05) is 30.3 Å².